The second-order valence-corrected chi connectivity index (χ2v) is 7.17. The van der Waals surface area contributed by atoms with Crippen LogP contribution >= 0.6 is 24.2 Å². The zero-order chi connectivity index (χ0) is 13.7. The van der Waals surface area contributed by atoms with Crippen LogP contribution in [0.5, 0.6) is 0 Å². The van der Waals surface area contributed by atoms with Gasteiger partial charge in [-0.15, -0.1) is 12.4 Å². The fourth-order valence-electron chi connectivity index (χ4n) is 3.25. The molecule has 2 rings (SSSR count). The number of carbonyl (C=O) groups excluding carboxylic acids is 1. The van der Waals surface area contributed by atoms with Gasteiger partial charge in [-0.05, 0) is 31.6 Å². The van der Waals surface area contributed by atoms with Gasteiger partial charge in [-0.1, -0.05) is 13.3 Å². The third-order valence-electron chi connectivity index (χ3n) is 4.75. The Kier molecular flexibility index (Phi) is 8.30. The number of thioether (sulfide) groups is 1. The van der Waals surface area contributed by atoms with E-state index in [0.717, 1.165) is 18.2 Å². The van der Waals surface area contributed by atoms with E-state index in [9.17, 15) is 4.79 Å². The zero-order valence-electron chi connectivity index (χ0n) is 12.8. The average Bonchev–Trinajstić information content (AvgIpc) is 2.47. The molecule has 0 radical (unpaired) electrons. The summed E-state index contributed by atoms with van der Waals surface area (Å²) in [6, 6.07) is 0.882. The first-order chi connectivity index (χ1) is 9.20. The summed E-state index contributed by atoms with van der Waals surface area (Å²) in [6.07, 6.45) is 6.98. The molecule has 5 heteroatoms. The molecule has 1 heterocycles. The normalized spacial score (nSPS) is 30.4. The monoisotopic (exact) mass is 320 g/mol. The highest BCUT2D eigenvalue weighted by atomic mass is 35.5. The fourth-order valence-corrected chi connectivity index (χ4v) is 4.20. The van der Waals surface area contributed by atoms with Crippen LogP contribution in [0.2, 0.25) is 0 Å². The van der Waals surface area contributed by atoms with E-state index in [2.05, 4.69) is 12.2 Å². The van der Waals surface area contributed by atoms with Crippen molar-refractivity contribution in [2.75, 3.05) is 25.1 Å². The minimum Gasteiger partial charge on any atom is -0.343 e. The quantitative estimate of drug-likeness (QED) is 0.864. The number of carbonyl (C=O) groups is 1. The molecule has 1 aliphatic carbocycles. The first kappa shape index (κ1) is 18.1. The molecule has 2 fully saturated rings. The predicted octanol–water partition coefficient (Wildman–Crippen LogP) is 2.93. The Labute approximate surface area is 134 Å². The van der Waals surface area contributed by atoms with Crippen molar-refractivity contribution in [1.82, 2.24) is 10.2 Å². The van der Waals surface area contributed by atoms with E-state index in [4.69, 9.17) is 0 Å². The van der Waals surface area contributed by atoms with Crippen molar-refractivity contribution < 1.29 is 4.79 Å². The van der Waals surface area contributed by atoms with Crippen LogP contribution < -0.4 is 5.32 Å². The first-order valence-electron chi connectivity index (χ1n) is 7.77. The van der Waals surface area contributed by atoms with Crippen molar-refractivity contribution in [1.29, 1.82) is 0 Å². The summed E-state index contributed by atoms with van der Waals surface area (Å²) in [5.74, 6) is 3.50. The summed E-state index contributed by atoms with van der Waals surface area (Å²) in [7, 11) is 2.01. The van der Waals surface area contributed by atoms with Gasteiger partial charge in [-0.25, -0.2) is 0 Å². The van der Waals surface area contributed by atoms with E-state index in [1.807, 2.05) is 23.7 Å². The second kappa shape index (κ2) is 9.16. The van der Waals surface area contributed by atoms with Crippen LogP contribution in [0.3, 0.4) is 0 Å². The van der Waals surface area contributed by atoms with Gasteiger partial charge in [0.2, 0.25) is 5.91 Å². The first-order valence-corrected chi connectivity index (χ1v) is 8.93. The average molecular weight is 321 g/mol. The van der Waals surface area contributed by atoms with E-state index in [0.29, 0.717) is 24.4 Å². The smallest absolute Gasteiger partial charge is 0.224 e. The summed E-state index contributed by atoms with van der Waals surface area (Å²) in [6.45, 7) is 3.33. The highest BCUT2D eigenvalue weighted by molar-refractivity contribution is 7.99. The second-order valence-electron chi connectivity index (χ2n) is 6.02. The molecule has 1 aliphatic heterocycles. The van der Waals surface area contributed by atoms with E-state index >= 15 is 0 Å². The summed E-state index contributed by atoms with van der Waals surface area (Å²) < 4.78 is 0. The van der Waals surface area contributed by atoms with Gasteiger partial charge in [0.1, 0.15) is 0 Å². The largest absolute Gasteiger partial charge is 0.343 e. The lowest BCUT2D eigenvalue weighted by Crippen LogP contribution is -2.45. The van der Waals surface area contributed by atoms with Crippen LogP contribution in [-0.2, 0) is 4.79 Å². The molecule has 0 spiro atoms. The third kappa shape index (κ3) is 5.12. The van der Waals surface area contributed by atoms with Crippen LogP contribution in [0, 0.1) is 5.92 Å². The van der Waals surface area contributed by atoms with Gasteiger partial charge in [0.05, 0.1) is 0 Å². The molecule has 1 N–H and O–H groups in total. The molecule has 1 saturated carbocycles. The fraction of sp³-hybridized carbons (Fsp3) is 0.933. The van der Waals surface area contributed by atoms with Crippen LogP contribution in [-0.4, -0.2) is 48.0 Å². The van der Waals surface area contributed by atoms with E-state index < -0.39 is 0 Å². The predicted molar refractivity (Wildman–Crippen MR) is 89.8 cm³/mol. The number of rotatable bonds is 4. The van der Waals surface area contributed by atoms with Gasteiger partial charge in [-0.3, -0.25) is 4.79 Å². The maximum Gasteiger partial charge on any atom is 0.224 e. The van der Waals surface area contributed by atoms with E-state index in [1.54, 1.807) is 0 Å². The van der Waals surface area contributed by atoms with Crippen LogP contribution in [0.15, 0.2) is 0 Å². The van der Waals surface area contributed by atoms with Gasteiger partial charge < -0.3 is 10.2 Å². The molecule has 0 bridgehead atoms. The molecule has 0 aromatic heterocycles. The molecular formula is C15H29ClN2OS. The van der Waals surface area contributed by atoms with Crippen LogP contribution in [0.25, 0.3) is 0 Å². The lowest BCUT2D eigenvalue weighted by molar-refractivity contribution is -0.133. The number of hydrogen-bond acceptors (Lipinski definition) is 3. The Bertz CT molecular complexity index is 290. The number of amides is 1. The number of hydrogen-bond donors (Lipinski definition) is 1. The Balaban J connectivity index is 0.00000200. The maximum atomic E-state index is 12.3. The molecule has 1 amide bonds. The van der Waals surface area contributed by atoms with E-state index in [1.165, 1.54) is 37.9 Å². The van der Waals surface area contributed by atoms with Crippen LogP contribution in [0.4, 0.5) is 0 Å². The van der Waals surface area contributed by atoms with Gasteiger partial charge >= 0.3 is 0 Å². The van der Waals surface area contributed by atoms with Crippen molar-refractivity contribution in [3.8, 4) is 0 Å². The van der Waals surface area contributed by atoms with Crippen molar-refractivity contribution in [3.05, 3.63) is 0 Å². The van der Waals surface area contributed by atoms with Crippen molar-refractivity contribution in [2.24, 2.45) is 5.92 Å². The van der Waals surface area contributed by atoms with Gasteiger partial charge in [0, 0.05) is 43.6 Å². The molecule has 0 aromatic carbocycles. The van der Waals surface area contributed by atoms with Crippen molar-refractivity contribution >= 4 is 30.1 Å². The minimum absolute atomic E-state index is 0. The molecule has 1 unspecified atom stereocenters. The van der Waals surface area contributed by atoms with Gasteiger partial charge in [0.25, 0.3) is 0 Å². The lowest BCUT2D eigenvalue weighted by atomic mass is 9.84. The zero-order valence-corrected chi connectivity index (χ0v) is 14.4. The molecule has 3 nitrogen and oxygen atoms in total. The lowest BCUT2D eigenvalue weighted by Gasteiger charge is -2.35. The standard InChI is InChI=1S/C15H28N2OS.ClH/c1-3-12-4-6-14(7-5-12)17(2)15(18)10-13-11-19-9-8-16-13;/h12-14,16H,3-11H2,1-2H3;1H. The summed E-state index contributed by atoms with van der Waals surface area (Å²) in [5, 5.41) is 3.46. The molecule has 0 aromatic rings. The Morgan fingerprint density at radius 2 is 2.00 bits per heavy atom. The van der Waals surface area contributed by atoms with Crippen LogP contribution in [0.1, 0.15) is 45.4 Å². The van der Waals surface area contributed by atoms with E-state index in [-0.39, 0.29) is 12.4 Å². The Morgan fingerprint density at radius 3 is 2.55 bits per heavy atom. The van der Waals surface area contributed by atoms with Gasteiger partial charge in [-0.2, -0.15) is 11.8 Å². The summed E-state index contributed by atoms with van der Waals surface area (Å²) in [4.78, 5) is 14.4. The maximum absolute atomic E-state index is 12.3. The highest BCUT2D eigenvalue weighted by Gasteiger charge is 2.27. The SMILES string of the molecule is CCC1CCC(N(C)C(=O)CC2CSCCN2)CC1.Cl. The highest BCUT2D eigenvalue weighted by Crippen LogP contribution is 2.29. The Hall–Kier alpha value is 0.0700. The van der Waals surface area contributed by atoms with Gasteiger partial charge in [0.15, 0.2) is 0 Å². The molecular weight excluding hydrogens is 292 g/mol. The Morgan fingerprint density at radius 1 is 1.30 bits per heavy atom. The number of nitrogens with zero attached hydrogens (tertiary/aromatic N) is 1. The molecule has 118 valence electrons. The van der Waals surface area contributed by atoms with Crippen molar-refractivity contribution in [2.45, 2.75) is 57.5 Å². The topological polar surface area (TPSA) is 32.3 Å². The third-order valence-corrected chi connectivity index (χ3v) is 5.89. The number of halogens is 1. The number of nitrogens with one attached hydrogen (secondary N) is 1. The summed E-state index contributed by atoms with van der Waals surface area (Å²) >= 11 is 1.96. The summed E-state index contributed by atoms with van der Waals surface area (Å²) in [5.41, 5.74) is 0. The molecule has 2 aliphatic rings. The molecule has 1 atom stereocenters. The molecule has 20 heavy (non-hydrogen) atoms. The van der Waals surface area contributed by atoms with Crippen molar-refractivity contribution in [3.63, 3.8) is 0 Å². The minimum atomic E-state index is 0. The molecule has 1 saturated heterocycles.